The lowest BCUT2D eigenvalue weighted by atomic mass is 10.2. The number of hydrogen-bond donors (Lipinski definition) is 3. The third-order valence-electron chi connectivity index (χ3n) is 3.48. The van der Waals surface area contributed by atoms with Gasteiger partial charge in [-0.05, 0) is 19.3 Å². The van der Waals surface area contributed by atoms with E-state index in [9.17, 15) is 9.90 Å². The van der Waals surface area contributed by atoms with Crippen LogP contribution in [0.25, 0.3) is 0 Å². The highest BCUT2D eigenvalue weighted by Gasteiger charge is 2.27. The second-order valence-corrected chi connectivity index (χ2v) is 4.92. The third kappa shape index (κ3) is 3.94. The number of amides is 1. The van der Waals surface area contributed by atoms with Crippen molar-refractivity contribution in [2.75, 3.05) is 19.7 Å². The van der Waals surface area contributed by atoms with Gasteiger partial charge in [-0.25, -0.2) is 0 Å². The van der Waals surface area contributed by atoms with Crippen LogP contribution in [0.3, 0.4) is 0 Å². The molecule has 1 heterocycles. The first kappa shape index (κ1) is 12.8. The Balaban J connectivity index is 1.53. The van der Waals surface area contributed by atoms with Crippen LogP contribution in [0.5, 0.6) is 0 Å². The molecule has 0 aromatic heterocycles. The molecule has 5 nitrogen and oxygen atoms in total. The second-order valence-electron chi connectivity index (χ2n) is 4.92. The smallest absolute Gasteiger partial charge is 0.237 e. The van der Waals surface area contributed by atoms with Crippen molar-refractivity contribution < 1.29 is 14.6 Å². The lowest BCUT2D eigenvalue weighted by molar-refractivity contribution is -0.123. The van der Waals surface area contributed by atoms with Gasteiger partial charge in [0.25, 0.3) is 0 Å². The average molecular weight is 242 g/mol. The molecule has 1 aliphatic carbocycles. The first-order chi connectivity index (χ1) is 8.25. The highest BCUT2D eigenvalue weighted by Crippen LogP contribution is 2.20. The minimum Gasteiger partial charge on any atom is -0.392 e. The van der Waals surface area contributed by atoms with Gasteiger partial charge in [0, 0.05) is 13.1 Å². The zero-order valence-corrected chi connectivity index (χ0v) is 10.2. The normalized spacial score (nSPS) is 29.7. The number of rotatable bonds is 5. The molecule has 1 saturated carbocycles. The Morgan fingerprint density at radius 3 is 2.82 bits per heavy atom. The molecule has 0 aromatic carbocycles. The molecule has 2 aliphatic rings. The minimum atomic E-state index is -0.388. The molecule has 0 radical (unpaired) electrons. The SMILES string of the molecule is O=C(NCCOC1CCCC1)C1CC(O)CN1. The highest BCUT2D eigenvalue weighted by molar-refractivity contribution is 5.82. The maximum absolute atomic E-state index is 11.6. The van der Waals surface area contributed by atoms with Gasteiger partial charge in [-0.2, -0.15) is 0 Å². The molecule has 1 aliphatic heterocycles. The zero-order valence-electron chi connectivity index (χ0n) is 10.2. The van der Waals surface area contributed by atoms with E-state index in [4.69, 9.17) is 4.74 Å². The number of aliphatic hydroxyl groups excluding tert-OH is 1. The molecule has 2 rings (SSSR count). The summed E-state index contributed by atoms with van der Waals surface area (Å²) in [7, 11) is 0. The minimum absolute atomic E-state index is 0.0310. The fourth-order valence-corrected chi connectivity index (χ4v) is 2.49. The molecule has 17 heavy (non-hydrogen) atoms. The summed E-state index contributed by atoms with van der Waals surface area (Å²) in [5, 5.41) is 15.1. The van der Waals surface area contributed by atoms with Gasteiger partial charge in [0.2, 0.25) is 5.91 Å². The summed E-state index contributed by atoms with van der Waals surface area (Å²) >= 11 is 0. The van der Waals surface area contributed by atoms with Gasteiger partial charge in [0.05, 0.1) is 24.9 Å². The van der Waals surface area contributed by atoms with Crippen LogP contribution in [-0.2, 0) is 9.53 Å². The van der Waals surface area contributed by atoms with E-state index in [1.54, 1.807) is 0 Å². The predicted octanol–water partition coefficient (Wildman–Crippen LogP) is -0.215. The van der Waals surface area contributed by atoms with Crippen LogP contribution >= 0.6 is 0 Å². The molecule has 3 N–H and O–H groups in total. The molecule has 0 spiro atoms. The second kappa shape index (κ2) is 6.33. The van der Waals surface area contributed by atoms with Crippen LogP contribution in [-0.4, -0.2) is 49.0 Å². The van der Waals surface area contributed by atoms with Crippen LogP contribution in [0.4, 0.5) is 0 Å². The fourth-order valence-electron chi connectivity index (χ4n) is 2.49. The molecular formula is C12H22N2O3. The van der Waals surface area contributed by atoms with Crippen molar-refractivity contribution in [1.29, 1.82) is 0 Å². The van der Waals surface area contributed by atoms with Crippen LogP contribution in [0.2, 0.25) is 0 Å². The molecule has 1 amide bonds. The number of carbonyl (C=O) groups is 1. The van der Waals surface area contributed by atoms with Gasteiger partial charge in [-0.1, -0.05) is 12.8 Å². The Kier molecular flexibility index (Phi) is 4.76. The molecule has 0 bridgehead atoms. The molecule has 2 fully saturated rings. The topological polar surface area (TPSA) is 70.6 Å². The number of nitrogens with one attached hydrogen (secondary N) is 2. The summed E-state index contributed by atoms with van der Waals surface area (Å²) < 4.78 is 5.65. The molecular weight excluding hydrogens is 220 g/mol. The van der Waals surface area contributed by atoms with Crippen molar-refractivity contribution in [3.63, 3.8) is 0 Å². The molecule has 2 atom stereocenters. The van der Waals surface area contributed by atoms with Crippen molar-refractivity contribution in [3.8, 4) is 0 Å². The molecule has 2 unspecified atom stereocenters. The maximum Gasteiger partial charge on any atom is 0.237 e. The zero-order chi connectivity index (χ0) is 12.1. The van der Waals surface area contributed by atoms with Crippen LogP contribution in [0.1, 0.15) is 32.1 Å². The van der Waals surface area contributed by atoms with Gasteiger partial charge in [0.1, 0.15) is 0 Å². The van der Waals surface area contributed by atoms with Crippen molar-refractivity contribution in [2.45, 2.75) is 50.4 Å². The first-order valence-electron chi connectivity index (χ1n) is 6.56. The van der Waals surface area contributed by atoms with Crippen LogP contribution in [0, 0.1) is 0 Å². The number of β-amino-alcohol motifs (C(OH)–C–C–N with tert-alkyl or cyclic N) is 1. The molecule has 5 heteroatoms. The van der Waals surface area contributed by atoms with E-state index >= 15 is 0 Å². The highest BCUT2D eigenvalue weighted by atomic mass is 16.5. The van der Waals surface area contributed by atoms with Gasteiger partial charge >= 0.3 is 0 Å². The lowest BCUT2D eigenvalue weighted by Gasteiger charge is -2.13. The predicted molar refractivity (Wildman–Crippen MR) is 63.6 cm³/mol. The number of aliphatic hydroxyl groups is 1. The van der Waals surface area contributed by atoms with Gasteiger partial charge in [-0.15, -0.1) is 0 Å². The van der Waals surface area contributed by atoms with Gasteiger partial charge < -0.3 is 20.5 Å². The summed E-state index contributed by atoms with van der Waals surface area (Å²) in [4.78, 5) is 11.6. The van der Waals surface area contributed by atoms with E-state index in [0.29, 0.717) is 32.2 Å². The lowest BCUT2D eigenvalue weighted by Crippen LogP contribution is -2.41. The number of ether oxygens (including phenoxy) is 1. The standard InChI is InChI=1S/C12H22N2O3/c15-9-7-11(14-8-9)12(16)13-5-6-17-10-3-1-2-4-10/h9-11,14-15H,1-8H2,(H,13,16). The quantitative estimate of drug-likeness (QED) is 0.583. The summed E-state index contributed by atoms with van der Waals surface area (Å²) in [6.45, 7) is 1.66. The van der Waals surface area contributed by atoms with E-state index < -0.39 is 0 Å². The van der Waals surface area contributed by atoms with Crippen LogP contribution in [0.15, 0.2) is 0 Å². The van der Waals surface area contributed by atoms with Gasteiger partial charge in [0.15, 0.2) is 0 Å². The summed E-state index contributed by atoms with van der Waals surface area (Å²) in [6, 6.07) is -0.239. The van der Waals surface area contributed by atoms with Crippen LogP contribution < -0.4 is 10.6 Å². The summed E-state index contributed by atoms with van der Waals surface area (Å²) in [6.07, 6.45) is 5.37. The van der Waals surface area contributed by atoms with E-state index in [1.807, 2.05) is 0 Å². The van der Waals surface area contributed by atoms with Gasteiger partial charge in [-0.3, -0.25) is 4.79 Å². The monoisotopic (exact) mass is 242 g/mol. The first-order valence-corrected chi connectivity index (χ1v) is 6.56. The Labute approximate surface area is 102 Å². The molecule has 1 saturated heterocycles. The summed E-state index contributed by atoms with van der Waals surface area (Å²) in [5.41, 5.74) is 0. The Hall–Kier alpha value is -0.650. The number of hydrogen-bond acceptors (Lipinski definition) is 4. The van der Waals surface area contributed by atoms with Crippen molar-refractivity contribution in [2.24, 2.45) is 0 Å². The van der Waals surface area contributed by atoms with E-state index in [0.717, 1.165) is 12.8 Å². The average Bonchev–Trinajstić information content (AvgIpc) is 2.95. The summed E-state index contributed by atoms with van der Waals surface area (Å²) in [5.74, 6) is -0.0310. The van der Waals surface area contributed by atoms with Crippen molar-refractivity contribution in [3.05, 3.63) is 0 Å². The maximum atomic E-state index is 11.6. The molecule has 98 valence electrons. The largest absolute Gasteiger partial charge is 0.392 e. The number of carbonyl (C=O) groups excluding carboxylic acids is 1. The Bertz CT molecular complexity index is 254. The fraction of sp³-hybridized carbons (Fsp3) is 0.917. The van der Waals surface area contributed by atoms with E-state index in [2.05, 4.69) is 10.6 Å². The van der Waals surface area contributed by atoms with E-state index in [1.165, 1.54) is 12.8 Å². The third-order valence-corrected chi connectivity index (χ3v) is 3.48. The van der Waals surface area contributed by atoms with Crippen molar-refractivity contribution in [1.82, 2.24) is 10.6 Å². The van der Waals surface area contributed by atoms with E-state index in [-0.39, 0.29) is 18.1 Å². The Morgan fingerprint density at radius 2 is 2.18 bits per heavy atom. The molecule has 0 aromatic rings. The Morgan fingerprint density at radius 1 is 1.41 bits per heavy atom. The van der Waals surface area contributed by atoms with Crippen molar-refractivity contribution >= 4 is 5.91 Å².